The minimum absolute atomic E-state index is 0.00349. The van der Waals surface area contributed by atoms with Crippen LogP contribution in [0, 0.1) is 5.92 Å². The van der Waals surface area contributed by atoms with Gasteiger partial charge in [-0.3, -0.25) is 77.3 Å². The minimum Gasteiger partial charge on any atom is -0.508 e. The molecule has 11 atom stereocenters. The summed E-state index contributed by atoms with van der Waals surface area (Å²) in [6, 6.07) is -2.05. The van der Waals surface area contributed by atoms with Gasteiger partial charge in [-0.05, 0) is 145 Å². The normalized spacial score (nSPS) is 18.3. The van der Waals surface area contributed by atoms with Crippen LogP contribution in [0.3, 0.4) is 0 Å². The predicted octanol–water partition coefficient (Wildman–Crippen LogP) is -7.84. The standard InChI is InChI=1S/C70H113N25O16/c1-39(2)32-49(61(104)92-48(67(110)111)17-7-9-27-72)93-60(103)45(16-6-8-26-71)90-65(108)53-21-13-31-95(53)66(109)47(20-12-30-82-70(78)79)91-64(107)52-36-84-58(101)44(18-10-28-80-68(74)75)88-59(102)46(19-11-29-81-69(76)77)89-63(106)51(35-54(97)87-52)94-62(105)50(34-40-14-4-3-5-15-40)86-56(99)38-83-55(98)37-85-57(100)43(73)33-41-22-24-42(96)25-23-41/h3-5,14-15,22-25,39,43-53,96H,6-13,16-21,26-38,71-73H2,1-2H3,(H,83,98)(H,84,101)(H,85,100)(H,86,99)(H,87,97)(H,88,102)(H,89,106)(H,90,108)(H,91,107)(H,92,104)(H,93,103)(H,94,105)(H,110,111)(H4,74,75,80)(H4,76,77,81)(H4,78,79,82)/t43-,44-,45-,46+,47-,48-,49-,50-,51+,52+,53-/m0/s1. The third kappa shape index (κ3) is 34.7. The summed E-state index contributed by atoms with van der Waals surface area (Å²) in [7, 11) is 0. The molecule has 13 amide bonds. The average molecular weight is 1560 g/mol. The van der Waals surface area contributed by atoms with Gasteiger partial charge in [0.25, 0.3) is 0 Å². The number of aliphatic imine (C=N–C) groups is 3. The number of aliphatic carboxylic acids is 1. The van der Waals surface area contributed by atoms with Crippen molar-refractivity contribution < 1.29 is 77.3 Å². The summed E-state index contributed by atoms with van der Waals surface area (Å²) in [6.07, 6.45) is 0.384. The SMILES string of the molecule is CC(C)C[C@H](NC(=O)[C@H](CCCCN)NC(=O)[C@@H]1CCCN1C(=O)[C@H](CCCN=C(N)N)NC(=O)[C@H]1CNC(=O)[C@H](CCCN=C(N)N)NC(=O)[C@@H](CCCN=C(N)N)NC(=O)[C@H](NC(=O)[C@H](Cc2ccccc2)NC(=O)CNC(=O)CNC(=O)[C@@H](N)Cc2ccc(O)cc2)CC(=O)N1)C(=O)N[C@@H](CCCCN)C(=O)O. The Morgan fingerprint density at radius 3 is 1.69 bits per heavy atom. The maximum Gasteiger partial charge on any atom is 0.326 e. The molecule has 111 heavy (non-hydrogen) atoms. The van der Waals surface area contributed by atoms with Crippen LogP contribution in [0.15, 0.2) is 69.6 Å². The van der Waals surface area contributed by atoms with Gasteiger partial charge in [0, 0.05) is 39.1 Å². The highest BCUT2D eigenvalue weighted by Crippen LogP contribution is 2.22. The van der Waals surface area contributed by atoms with Crippen LogP contribution in [0.25, 0.3) is 0 Å². The first-order chi connectivity index (χ1) is 52.8. The first-order valence-corrected chi connectivity index (χ1v) is 37.0. The van der Waals surface area contributed by atoms with E-state index >= 15 is 9.59 Å². The Bertz CT molecular complexity index is 3540. The van der Waals surface area contributed by atoms with E-state index in [1.807, 2.05) is 0 Å². The Labute approximate surface area is 643 Å². The molecule has 0 saturated carbocycles. The smallest absolute Gasteiger partial charge is 0.326 e. The number of likely N-dealkylation sites (tertiary alicyclic amines) is 1. The number of phenolic OH excluding ortho intramolecular Hbond substituents is 1. The van der Waals surface area contributed by atoms with E-state index in [4.69, 9.17) is 51.6 Å². The van der Waals surface area contributed by atoms with Crippen LogP contribution >= 0.6 is 0 Å². The number of rotatable bonds is 44. The number of carboxylic acid groups (broad SMARTS) is 1. The van der Waals surface area contributed by atoms with Crippen molar-refractivity contribution in [3.63, 3.8) is 0 Å². The Hall–Kier alpha value is -11.5. The molecule has 2 heterocycles. The Morgan fingerprint density at radius 2 is 1.10 bits per heavy atom. The van der Waals surface area contributed by atoms with Crippen LogP contribution in [0.4, 0.5) is 0 Å². The maximum absolute atomic E-state index is 15.1. The van der Waals surface area contributed by atoms with Gasteiger partial charge in [0.2, 0.25) is 76.8 Å². The number of nitrogens with zero attached hydrogens (tertiary/aromatic N) is 4. The number of hydrogen-bond donors (Lipinski definition) is 23. The molecule has 41 nitrogen and oxygen atoms in total. The zero-order valence-corrected chi connectivity index (χ0v) is 62.8. The van der Waals surface area contributed by atoms with E-state index in [1.165, 1.54) is 17.0 Å². The molecule has 0 radical (unpaired) electrons. The van der Waals surface area contributed by atoms with Crippen LogP contribution in [0.1, 0.15) is 128 Å². The summed E-state index contributed by atoms with van der Waals surface area (Å²) >= 11 is 0. The number of hydrogen-bond acceptors (Lipinski definition) is 21. The van der Waals surface area contributed by atoms with Crippen LogP contribution in [0.5, 0.6) is 5.75 Å². The highest BCUT2D eigenvalue weighted by Gasteiger charge is 2.41. The molecular weight excluding hydrogens is 1450 g/mol. The number of phenols is 1. The number of aromatic hydroxyl groups is 1. The summed E-state index contributed by atoms with van der Waals surface area (Å²) < 4.78 is 0. The van der Waals surface area contributed by atoms with Gasteiger partial charge in [0.1, 0.15) is 66.2 Å². The van der Waals surface area contributed by atoms with Crippen LogP contribution in [-0.2, 0) is 80.0 Å². The third-order valence-corrected chi connectivity index (χ3v) is 17.7. The molecule has 2 aliphatic heterocycles. The van der Waals surface area contributed by atoms with Gasteiger partial charge in [-0.2, -0.15) is 0 Å². The summed E-state index contributed by atoms with van der Waals surface area (Å²) in [5.74, 6) is -14.4. The lowest BCUT2D eigenvalue weighted by Gasteiger charge is -2.31. The molecule has 4 rings (SSSR count). The van der Waals surface area contributed by atoms with E-state index in [2.05, 4.69) is 78.8 Å². The van der Waals surface area contributed by atoms with Crippen molar-refractivity contribution in [2.75, 3.05) is 58.9 Å². The van der Waals surface area contributed by atoms with Crippen molar-refractivity contribution in [1.82, 2.24) is 68.7 Å². The highest BCUT2D eigenvalue weighted by molar-refractivity contribution is 6.01. The predicted molar refractivity (Wildman–Crippen MR) is 408 cm³/mol. The summed E-state index contributed by atoms with van der Waals surface area (Å²) in [6.45, 7) is 1.72. The van der Waals surface area contributed by atoms with Crippen molar-refractivity contribution in [3.05, 3.63) is 65.7 Å². The number of carboxylic acids is 1. The van der Waals surface area contributed by atoms with Gasteiger partial charge in [0.15, 0.2) is 17.9 Å². The van der Waals surface area contributed by atoms with E-state index < -0.39 is 175 Å². The summed E-state index contributed by atoms with van der Waals surface area (Å²) in [5, 5.41) is 50.2. The Balaban J connectivity index is 1.72. The number of nitrogens with one attached hydrogen (secondary N) is 12. The minimum atomic E-state index is -1.97. The molecule has 2 aliphatic rings. The first kappa shape index (κ1) is 91.9. The van der Waals surface area contributed by atoms with E-state index in [0.29, 0.717) is 43.4 Å². The molecule has 0 spiro atoms. The van der Waals surface area contributed by atoms with Gasteiger partial charge in [-0.25, -0.2) is 4.79 Å². The Kier molecular flexibility index (Phi) is 40.4. The quantitative estimate of drug-likeness (QED) is 0.0166. The number of carbonyl (C=O) groups excluding carboxylic acids is 13. The summed E-state index contributed by atoms with van der Waals surface area (Å²) in [4.78, 5) is 211. The molecule has 2 fully saturated rings. The number of unbranched alkanes of at least 4 members (excludes halogenated alkanes) is 2. The Morgan fingerprint density at radius 1 is 0.559 bits per heavy atom. The lowest BCUT2D eigenvalue weighted by Crippen LogP contribution is -2.62. The second-order valence-electron chi connectivity index (χ2n) is 27.4. The lowest BCUT2D eigenvalue weighted by atomic mass is 10.0. The molecule has 2 aromatic rings. The van der Waals surface area contributed by atoms with E-state index in [0.717, 1.165) is 0 Å². The highest BCUT2D eigenvalue weighted by atomic mass is 16.4. The van der Waals surface area contributed by atoms with Crippen molar-refractivity contribution in [3.8, 4) is 5.75 Å². The maximum atomic E-state index is 15.1. The molecule has 0 aromatic heterocycles. The lowest BCUT2D eigenvalue weighted by molar-refractivity contribution is -0.143. The van der Waals surface area contributed by atoms with E-state index in [-0.39, 0.29) is 146 Å². The average Bonchev–Trinajstić information content (AvgIpc) is 1.73. The molecule has 41 heteroatoms. The number of nitrogens with two attached hydrogens (primary N) is 9. The number of carbonyl (C=O) groups is 14. The van der Waals surface area contributed by atoms with Gasteiger partial charge in [-0.1, -0.05) is 56.3 Å². The number of benzene rings is 2. The second kappa shape index (κ2) is 48.8. The van der Waals surface area contributed by atoms with Crippen LogP contribution in [0.2, 0.25) is 0 Å². The van der Waals surface area contributed by atoms with E-state index in [1.54, 1.807) is 56.3 Å². The largest absolute Gasteiger partial charge is 0.508 e. The summed E-state index contributed by atoms with van der Waals surface area (Å²) in [5.41, 5.74) is 52.1. The van der Waals surface area contributed by atoms with Gasteiger partial charge in [0.05, 0.1) is 25.6 Å². The van der Waals surface area contributed by atoms with Crippen LogP contribution in [-0.4, -0.2) is 241 Å². The van der Waals surface area contributed by atoms with Crippen molar-refractivity contribution >= 4 is 101 Å². The van der Waals surface area contributed by atoms with Crippen molar-refractivity contribution in [2.45, 2.75) is 196 Å². The topological polar surface area (TPSA) is 698 Å². The van der Waals surface area contributed by atoms with Gasteiger partial charge >= 0.3 is 5.97 Å². The van der Waals surface area contributed by atoms with E-state index in [9.17, 15) is 67.7 Å². The van der Waals surface area contributed by atoms with Crippen molar-refractivity contribution in [2.24, 2.45) is 72.5 Å². The molecule has 2 aromatic carbocycles. The molecule has 0 bridgehead atoms. The fourth-order valence-electron chi connectivity index (χ4n) is 11.9. The van der Waals surface area contributed by atoms with Crippen LogP contribution < -0.4 is 115 Å². The molecule has 32 N–H and O–H groups in total. The fraction of sp³-hybridized carbons (Fsp3) is 0.586. The molecule has 0 unspecified atom stereocenters. The number of amides is 13. The molecular formula is C70H113N25O16. The van der Waals surface area contributed by atoms with Gasteiger partial charge in [-0.15, -0.1) is 0 Å². The third-order valence-electron chi connectivity index (χ3n) is 17.7. The monoisotopic (exact) mass is 1560 g/mol. The zero-order chi connectivity index (χ0) is 82.1. The van der Waals surface area contributed by atoms with Crippen molar-refractivity contribution in [1.29, 1.82) is 0 Å². The number of guanidine groups is 3. The fourth-order valence-corrected chi connectivity index (χ4v) is 11.9. The molecule has 614 valence electrons. The molecule has 0 aliphatic carbocycles. The molecule has 2 saturated heterocycles. The second-order valence-corrected chi connectivity index (χ2v) is 27.4. The first-order valence-electron chi connectivity index (χ1n) is 37.0. The zero-order valence-electron chi connectivity index (χ0n) is 62.8. The van der Waals surface area contributed by atoms with Gasteiger partial charge < -0.3 is 131 Å².